The highest BCUT2D eigenvalue weighted by Crippen LogP contribution is 2.46. The Labute approximate surface area is 216 Å². The second-order valence-electron chi connectivity index (χ2n) is 11.0. The molecule has 0 spiro atoms. The molecular weight excluding hydrogens is 472 g/mol. The van der Waals surface area contributed by atoms with Gasteiger partial charge in [0.2, 0.25) is 0 Å². The minimum atomic E-state index is -2.64. The van der Waals surface area contributed by atoms with Crippen molar-refractivity contribution < 1.29 is 13.6 Å². The van der Waals surface area contributed by atoms with Crippen molar-refractivity contribution in [2.75, 3.05) is 11.4 Å². The quantitative estimate of drug-likeness (QED) is 0.393. The molecule has 8 heteroatoms. The summed E-state index contributed by atoms with van der Waals surface area (Å²) in [5.41, 5.74) is 3.34. The van der Waals surface area contributed by atoms with Gasteiger partial charge >= 0.3 is 0 Å². The summed E-state index contributed by atoms with van der Waals surface area (Å²) in [5, 5.41) is 11.9. The summed E-state index contributed by atoms with van der Waals surface area (Å²) >= 11 is 0. The van der Waals surface area contributed by atoms with E-state index in [4.69, 9.17) is 0 Å². The van der Waals surface area contributed by atoms with Crippen molar-refractivity contribution in [3.63, 3.8) is 0 Å². The highest BCUT2D eigenvalue weighted by atomic mass is 19.3. The Balaban J connectivity index is 1.30. The van der Waals surface area contributed by atoms with Crippen molar-refractivity contribution in [2.45, 2.75) is 64.0 Å². The Morgan fingerprint density at radius 3 is 2.57 bits per heavy atom. The first-order chi connectivity index (χ1) is 17.9. The molecule has 1 amide bonds. The SMILES string of the molecule is C[C@H](NCC1CCC1)c1cc2c(c(C(F)F)c1)CN(c1cccc([C@@H](c3nncn3C)C3CC3)c1)C2=O. The summed E-state index contributed by atoms with van der Waals surface area (Å²) in [6.45, 7) is 3.02. The number of anilines is 1. The predicted molar refractivity (Wildman–Crippen MR) is 138 cm³/mol. The third kappa shape index (κ3) is 4.56. The van der Waals surface area contributed by atoms with Crippen molar-refractivity contribution in [3.8, 4) is 0 Å². The summed E-state index contributed by atoms with van der Waals surface area (Å²) < 4.78 is 30.3. The summed E-state index contributed by atoms with van der Waals surface area (Å²) in [5.74, 6) is 1.94. The molecule has 1 aromatic heterocycles. The average Bonchev–Trinajstić information content (AvgIpc) is 3.52. The van der Waals surface area contributed by atoms with Gasteiger partial charge in [-0.2, -0.15) is 0 Å². The Morgan fingerprint density at radius 1 is 1.11 bits per heavy atom. The zero-order valence-electron chi connectivity index (χ0n) is 21.3. The number of carbonyl (C=O) groups is 1. The average molecular weight is 506 g/mol. The second kappa shape index (κ2) is 9.63. The molecule has 3 aliphatic rings. The zero-order chi connectivity index (χ0) is 25.7. The maximum absolute atomic E-state index is 14.2. The first kappa shape index (κ1) is 24.2. The molecule has 0 saturated heterocycles. The second-order valence-corrected chi connectivity index (χ2v) is 11.0. The fraction of sp³-hybridized carbons (Fsp3) is 0.483. The van der Waals surface area contributed by atoms with E-state index in [2.05, 4.69) is 21.6 Å². The number of hydrogen-bond donors (Lipinski definition) is 1. The van der Waals surface area contributed by atoms with E-state index < -0.39 is 6.43 Å². The molecule has 2 heterocycles. The molecular formula is C29H33F2N5O. The normalized spacial score (nSPS) is 19.3. The predicted octanol–water partition coefficient (Wildman–Crippen LogP) is 5.91. The number of aryl methyl sites for hydroxylation is 1. The van der Waals surface area contributed by atoms with Gasteiger partial charge in [0.05, 0.1) is 6.54 Å². The molecule has 2 fully saturated rings. The minimum Gasteiger partial charge on any atom is -0.320 e. The molecule has 37 heavy (non-hydrogen) atoms. The summed E-state index contributed by atoms with van der Waals surface area (Å²) in [6.07, 6.45) is 5.03. The molecule has 1 N–H and O–H groups in total. The molecule has 0 radical (unpaired) electrons. The van der Waals surface area contributed by atoms with Crippen LogP contribution in [-0.4, -0.2) is 27.2 Å². The van der Waals surface area contributed by atoms with Gasteiger partial charge in [-0.3, -0.25) is 4.79 Å². The third-order valence-corrected chi connectivity index (χ3v) is 8.43. The van der Waals surface area contributed by atoms with Crippen LogP contribution in [0.1, 0.15) is 95.8 Å². The van der Waals surface area contributed by atoms with Gasteiger partial charge in [0.15, 0.2) is 0 Å². The van der Waals surface area contributed by atoms with Crippen molar-refractivity contribution in [1.29, 1.82) is 0 Å². The fourth-order valence-corrected chi connectivity index (χ4v) is 5.79. The van der Waals surface area contributed by atoms with Crippen LogP contribution in [0, 0.1) is 11.8 Å². The van der Waals surface area contributed by atoms with E-state index in [1.807, 2.05) is 42.8 Å². The Kier molecular flexibility index (Phi) is 6.31. The number of nitrogens with zero attached hydrogens (tertiary/aromatic N) is 4. The van der Waals surface area contributed by atoms with Crippen LogP contribution in [0.15, 0.2) is 42.7 Å². The van der Waals surface area contributed by atoms with Crippen LogP contribution in [0.5, 0.6) is 0 Å². The van der Waals surface area contributed by atoms with Crippen molar-refractivity contribution >= 4 is 11.6 Å². The lowest BCUT2D eigenvalue weighted by atomic mass is 9.85. The molecule has 2 atom stereocenters. The number of amides is 1. The number of nitrogens with one attached hydrogen (secondary N) is 1. The Morgan fingerprint density at radius 2 is 1.92 bits per heavy atom. The third-order valence-electron chi connectivity index (χ3n) is 8.43. The highest BCUT2D eigenvalue weighted by Gasteiger charge is 2.38. The number of carbonyl (C=O) groups excluding carboxylic acids is 1. The van der Waals surface area contributed by atoms with Crippen LogP contribution < -0.4 is 10.2 Å². The Bertz CT molecular complexity index is 1310. The van der Waals surface area contributed by atoms with Crippen molar-refractivity contribution in [1.82, 2.24) is 20.1 Å². The van der Waals surface area contributed by atoms with Crippen LogP contribution in [0.2, 0.25) is 0 Å². The standard InChI is InChI=1S/C29H33F2N5O/c1-17(32-14-18-5-3-6-18)21-12-23(27(30)31)25-15-36(29(37)24(25)13-21)22-8-4-7-20(11-22)26(19-9-10-19)28-34-33-16-35(28)2/h4,7-8,11-13,16-19,26-27,32H,3,5-6,9-10,14-15H2,1-2H3/t17-,26-/m0/s1. The van der Waals surface area contributed by atoms with Gasteiger partial charge in [-0.25, -0.2) is 8.78 Å². The van der Waals surface area contributed by atoms with E-state index in [0.29, 0.717) is 23.0 Å². The maximum atomic E-state index is 14.2. The number of alkyl halides is 2. The number of aromatic nitrogens is 3. The number of fused-ring (bicyclic) bond motifs is 1. The smallest absolute Gasteiger partial charge is 0.264 e. The topological polar surface area (TPSA) is 63.0 Å². The van der Waals surface area contributed by atoms with E-state index in [9.17, 15) is 13.6 Å². The monoisotopic (exact) mass is 505 g/mol. The number of benzene rings is 2. The zero-order valence-corrected chi connectivity index (χ0v) is 21.3. The van der Waals surface area contributed by atoms with Crippen LogP contribution in [-0.2, 0) is 13.6 Å². The number of halogens is 2. The van der Waals surface area contributed by atoms with Crippen LogP contribution in [0.3, 0.4) is 0 Å². The van der Waals surface area contributed by atoms with Crippen LogP contribution in [0.25, 0.3) is 0 Å². The molecule has 6 rings (SSSR count). The summed E-state index contributed by atoms with van der Waals surface area (Å²) in [7, 11) is 1.95. The van der Waals surface area contributed by atoms with Gasteiger partial charge < -0.3 is 14.8 Å². The molecule has 0 bridgehead atoms. The molecule has 6 nitrogen and oxygen atoms in total. The largest absolute Gasteiger partial charge is 0.320 e. The van der Waals surface area contributed by atoms with Gasteiger partial charge in [-0.15, -0.1) is 10.2 Å². The molecule has 194 valence electrons. The highest BCUT2D eigenvalue weighted by molar-refractivity contribution is 6.10. The molecule has 3 aromatic rings. The van der Waals surface area contributed by atoms with E-state index in [1.165, 1.54) is 19.3 Å². The molecule has 2 aromatic carbocycles. The lowest BCUT2D eigenvalue weighted by molar-refractivity contribution is 0.0996. The maximum Gasteiger partial charge on any atom is 0.264 e. The summed E-state index contributed by atoms with van der Waals surface area (Å²) in [4.78, 5) is 15.2. The van der Waals surface area contributed by atoms with E-state index in [0.717, 1.165) is 42.0 Å². The first-order valence-electron chi connectivity index (χ1n) is 13.3. The van der Waals surface area contributed by atoms with Crippen LogP contribution >= 0.6 is 0 Å². The van der Waals surface area contributed by atoms with E-state index >= 15 is 0 Å². The van der Waals surface area contributed by atoms with Gasteiger partial charge in [0.25, 0.3) is 12.3 Å². The fourth-order valence-electron chi connectivity index (χ4n) is 5.79. The van der Waals surface area contributed by atoms with Gasteiger partial charge in [-0.1, -0.05) is 18.6 Å². The Hall–Kier alpha value is -3.13. The van der Waals surface area contributed by atoms with E-state index in [-0.39, 0.29) is 30.0 Å². The lowest BCUT2D eigenvalue weighted by Gasteiger charge is -2.27. The lowest BCUT2D eigenvalue weighted by Crippen LogP contribution is -2.29. The molecule has 0 unspecified atom stereocenters. The summed E-state index contributed by atoms with van der Waals surface area (Å²) in [6, 6.07) is 11.2. The van der Waals surface area contributed by atoms with E-state index in [1.54, 1.807) is 17.3 Å². The molecule has 2 saturated carbocycles. The van der Waals surface area contributed by atoms with Gasteiger partial charge in [0, 0.05) is 35.8 Å². The van der Waals surface area contributed by atoms with Gasteiger partial charge in [-0.05, 0) is 91.9 Å². The van der Waals surface area contributed by atoms with Crippen molar-refractivity contribution in [2.24, 2.45) is 18.9 Å². The van der Waals surface area contributed by atoms with Crippen molar-refractivity contribution in [3.05, 3.63) is 76.4 Å². The minimum absolute atomic E-state index is 0.0354. The number of rotatable bonds is 9. The number of hydrogen-bond acceptors (Lipinski definition) is 4. The van der Waals surface area contributed by atoms with Crippen LogP contribution in [0.4, 0.5) is 14.5 Å². The molecule has 1 aliphatic heterocycles. The van der Waals surface area contributed by atoms with Gasteiger partial charge in [0.1, 0.15) is 12.2 Å². The molecule has 2 aliphatic carbocycles. The first-order valence-corrected chi connectivity index (χ1v) is 13.3.